The fourth-order valence-corrected chi connectivity index (χ4v) is 1.04. The second-order valence-electron chi connectivity index (χ2n) is 2.29. The molecule has 0 aliphatic carbocycles. The molecule has 0 aromatic heterocycles. The zero-order valence-electron chi connectivity index (χ0n) is 5.55. The number of hydrogen-bond acceptors (Lipinski definition) is 3. The molecule has 2 N–H and O–H groups in total. The molecule has 4 heteroatoms. The van der Waals surface area contributed by atoms with Crippen molar-refractivity contribution in [2.24, 2.45) is 5.92 Å². The van der Waals surface area contributed by atoms with E-state index < -0.39 is 0 Å². The molecule has 54 valence electrons. The minimum absolute atomic E-state index is 0.000324. The lowest BCUT2D eigenvalue weighted by molar-refractivity contribution is -0.123. The minimum Gasteiger partial charge on any atom is -0.316 e. The lowest BCUT2D eigenvalue weighted by atomic mass is 10.1. The van der Waals surface area contributed by atoms with Crippen LogP contribution in [0.2, 0.25) is 0 Å². The molecule has 0 bridgehead atoms. The predicted molar refractivity (Wildman–Crippen MR) is 34.7 cm³/mol. The van der Waals surface area contributed by atoms with E-state index in [0.29, 0.717) is 6.54 Å². The van der Waals surface area contributed by atoms with Gasteiger partial charge in [0.25, 0.3) is 0 Å². The maximum absolute atomic E-state index is 10.9. The van der Waals surface area contributed by atoms with Crippen LogP contribution in [0.25, 0.3) is 0 Å². The normalized spacial score (nSPS) is 23.7. The molecule has 1 rings (SSSR count). The molecule has 1 saturated heterocycles. The van der Waals surface area contributed by atoms with Gasteiger partial charge in [0, 0.05) is 6.54 Å². The van der Waals surface area contributed by atoms with Crippen LogP contribution in [0.3, 0.4) is 0 Å². The molecule has 1 aliphatic heterocycles. The number of rotatable bonds is 1. The van der Waals surface area contributed by atoms with Crippen LogP contribution in [0.15, 0.2) is 0 Å². The van der Waals surface area contributed by atoms with Crippen molar-refractivity contribution in [3.8, 4) is 6.19 Å². The standard InChI is InChI=1S/C6H9N3O/c7-4-9-6(10)5-1-2-8-3-5/h5,8H,1-3H2,(H,9,10). The Hall–Kier alpha value is -1.08. The Bertz CT molecular complexity index is 166. The van der Waals surface area contributed by atoms with E-state index in [-0.39, 0.29) is 11.8 Å². The first-order valence-corrected chi connectivity index (χ1v) is 3.24. The van der Waals surface area contributed by atoms with Gasteiger partial charge < -0.3 is 5.32 Å². The minimum atomic E-state index is -0.160. The third kappa shape index (κ3) is 1.45. The zero-order chi connectivity index (χ0) is 7.40. The largest absolute Gasteiger partial charge is 0.316 e. The molecular formula is C6H9N3O. The van der Waals surface area contributed by atoms with Crippen LogP contribution in [-0.2, 0) is 4.79 Å². The molecule has 0 radical (unpaired) electrons. The van der Waals surface area contributed by atoms with Gasteiger partial charge in [0.2, 0.25) is 5.91 Å². The van der Waals surface area contributed by atoms with Crippen LogP contribution in [0.1, 0.15) is 6.42 Å². The molecule has 0 aromatic rings. The average Bonchev–Trinajstić information content (AvgIpc) is 2.38. The monoisotopic (exact) mass is 139 g/mol. The lowest BCUT2D eigenvalue weighted by Crippen LogP contribution is -2.28. The molecule has 1 amide bonds. The van der Waals surface area contributed by atoms with Crippen molar-refractivity contribution in [1.29, 1.82) is 5.26 Å². The summed E-state index contributed by atoms with van der Waals surface area (Å²) in [6.07, 6.45) is 2.46. The summed E-state index contributed by atoms with van der Waals surface area (Å²) >= 11 is 0. The summed E-state index contributed by atoms with van der Waals surface area (Å²) in [4.78, 5) is 10.9. The highest BCUT2D eigenvalue weighted by Crippen LogP contribution is 2.06. The first-order chi connectivity index (χ1) is 4.84. The zero-order valence-corrected chi connectivity index (χ0v) is 5.55. The van der Waals surface area contributed by atoms with Gasteiger partial charge in [-0.25, -0.2) is 0 Å². The molecule has 1 unspecified atom stereocenters. The van der Waals surface area contributed by atoms with E-state index in [1.54, 1.807) is 6.19 Å². The molecule has 4 nitrogen and oxygen atoms in total. The van der Waals surface area contributed by atoms with Crippen LogP contribution in [-0.4, -0.2) is 19.0 Å². The molecule has 10 heavy (non-hydrogen) atoms. The summed E-state index contributed by atoms with van der Waals surface area (Å²) < 4.78 is 0. The molecule has 1 heterocycles. The highest BCUT2D eigenvalue weighted by Gasteiger charge is 2.21. The van der Waals surface area contributed by atoms with Gasteiger partial charge in [0.1, 0.15) is 0 Å². The van der Waals surface area contributed by atoms with Crippen molar-refractivity contribution < 1.29 is 4.79 Å². The third-order valence-corrected chi connectivity index (χ3v) is 1.61. The Labute approximate surface area is 59.2 Å². The highest BCUT2D eigenvalue weighted by molar-refractivity contribution is 5.80. The van der Waals surface area contributed by atoms with Crippen LogP contribution in [0.4, 0.5) is 0 Å². The summed E-state index contributed by atoms with van der Waals surface area (Å²) in [5.74, 6) is -0.160. The maximum Gasteiger partial charge on any atom is 0.237 e. The van der Waals surface area contributed by atoms with E-state index >= 15 is 0 Å². The van der Waals surface area contributed by atoms with Crippen LogP contribution < -0.4 is 10.6 Å². The van der Waals surface area contributed by atoms with E-state index in [0.717, 1.165) is 13.0 Å². The first kappa shape index (κ1) is 7.03. The van der Waals surface area contributed by atoms with Gasteiger partial charge in [-0.3, -0.25) is 10.1 Å². The summed E-state index contributed by atoms with van der Waals surface area (Å²) in [6, 6.07) is 0. The number of nitrogens with one attached hydrogen (secondary N) is 2. The average molecular weight is 139 g/mol. The molecule has 1 atom stereocenters. The molecule has 0 aromatic carbocycles. The second kappa shape index (κ2) is 3.18. The van der Waals surface area contributed by atoms with Crippen molar-refractivity contribution in [3.63, 3.8) is 0 Å². The van der Waals surface area contributed by atoms with Gasteiger partial charge in [0.15, 0.2) is 6.19 Å². The van der Waals surface area contributed by atoms with Gasteiger partial charge in [-0.2, -0.15) is 5.26 Å². The van der Waals surface area contributed by atoms with Crippen molar-refractivity contribution in [3.05, 3.63) is 0 Å². The fourth-order valence-electron chi connectivity index (χ4n) is 1.04. The second-order valence-corrected chi connectivity index (χ2v) is 2.29. The van der Waals surface area contributed by atoms with Gasteiger partial charge >= 0.3 is 0 Å². The summed E-state index contributed by atoms with van der Waals surface area (Å²) in [5.41, 5.74) is 0. The van der Waals surface area contributed by atoms with E-state index in [9.17, 15) is 4.79 Å². The topological polar surface area (TPSA) is 64.9 Å². The number of carbonyl (C=O) groups is 1. The number of nitrogens with zero attached hydrogens (tertiary/aromatic N) is 1. The Kier molecular flexibility index (Phi) is 2.24. The summed E-state index contributed by atoms with van der Waals surface area (Å²) in [6.45, 7) is 1.58. The van der Waals surface area contributed by atoms with Crippen molar-refractivity contribution in [1.82, 2.24) is 10.6 Å². The van der Waals surface area contributed by atoms with Gasteiger partial charge in [0.05, 0.1) is 5.92 Å². The van der Waals surface area contributed by atoms with Gasteiger partial charge in [-0.1, -0.05) is 0 Å². The van der Waals surface area contributed by atoms with Crippen molar-refractivity contribution in [2.75, 3.05) is 13.1 Å². The quantitative estimate of drug-likeness (QED) is 0.369. The number of carbonyl (C=O) groups excluding carboxylic acids is 1. The fraction of sp³-hybridized carbons (Fsp3) is 0.667. The Morgan fingerprint density at radius 3 is 3.10 bits per heavy atom. The summed E-state index contributed by atoms with van der Waals surface area (Å²) in [5, 5.41) is 13.3. The SMILES string of the molecule is N#CNC(=O)C1CCNC1. The van der Waals surface area contributed by atoms with E-state index in [1.807, 2.05) is 0 Å². The van der Waals surface area contributed by atoms with Gasteiger partial charge in [-0.05, 0) is 13.0 Å². The number of nitriles is 1. The Balaban J connectivity index is 2.34. The third-order valence-electron chi connectivity index (χ3n) is 1.61. The Morgan fingerprint density at radius 1 is 1.80 bits per heavy atom. The van der Waals surface area contributed by atoms with E-state index in [4.69, 9.17) is 5.26 Å². The van der Waals surface area contributed by atoms with Crippen molar-refractivity contribution in [2.45, 2.75) is 6.42 Å². The molecule has 0 spiro atoms. The molecule has 1 aliphatic rings. The van der Waals surface area contributed by atoms with Gasteiger partial charge in [-0.15, -0.1) is 0 Å². The molecular weight excluding hydrogens is 130 g/mol. The number of amides is 1. The van der Waals surface area contributed by atoms with Crippen LogP contribution >= 0.6 is 0 Å². The highest BCUT2D eigenvalue weighted by atomic mass is 16.1. The maximum atomic E-state index is 10.9. The van der Waals surface area contributed by atoms with Crippen LogP contribution in [0, 0.1) is 17.4 Å². The first-order valence-electron chi connectivity index (χ1n) is 3.24. The van der Waals surface area contributed by atoms with E-state index in [2.05, 4.69) is 10.6 Å². The number of hydrogen-bond donors (Lipinski definition) is 2. The molecule has 0 saturated carbocycles. The molecule has 1 fully saturated rings. The Morgan fingerprint density at radius 2 is 2.60 bits per heavy atom. The lowest BCUT2D eigenvalue weighted by Gasteiger charge is -2.01. The predicted octanol–water partition coefficient (Wildman–Crippen LogP) is -0.807. The van der Waals surface area contributed by atoms with Crippen molar-refractivity contribution >= 4 is 5.91 Å². The van der Waals surface area contributed by atoms with Crippen LogP contribution in [0.5, 0.6) is 0 Å². The van der Waals surface area contributed by atoms with E-state index in [1.165, 1.54) is 0 Å². The smallest absolute Gasteiger partial charge is 0.237 e. The summed E-state index contributed by atoms with van der Waals surface area (Å²) in [7, 11) is 0.